The predicted molar refractivity (Wildman–Crippen MR) is 95.1 cm³/mol. The molecule has 0 aliphatic rings. The van der Waals surface area contributed by atoms with E-state index in [0.717, 1.165) is 6.54 Å². The zero-order chi connectivity index (χ0) is 15.3. The van der Waals surface area contributed by atoms with Crippen LogP contribution in [0.5, 0.6) is 0 Å². The highest BCUT2D eigenvalue weighted by atomic mass is 32.2. The first-order chi connectivity index (χ1) is 10.0. The van der Waals surface area contributed by atoms with Crippen molar-refractivity contribution in [3.05, 3.63) is 71.3 Å². The van der Waals surface area contributed by atoms with Gasteiger partial charge in [0.2, 0.25) is 0 Å². The molecule has 0 amide bonds. The van der Waals surface area contributed by atoms with Crippen molar-refractivity contribution in [3.63, 3.8) is 0 Å². The summed E-state index contributed by atoms with van der Waals surface area (Å²) >= 11 is 1.90. The Labute approximate surface area is 133 Å². The Bertz CT molecular complexity index is 563. The Balaban J connectivity index is 2.30. The topological polar surface area (TPSA) is 12.0 Å². The van der Waals surface area contributed by atoms with Crippen LogP contribution < -0.4 is 5.32 Å². The number of nitrogens with one attached hydrogen (secondary N) is 1. The largest absolute Gasteiger partial charge is 0.305 e. The van der Waals surface area contributed by atoms with Gasteiger partial charge in [-0.1, -0.05) is 54.6 Å². The summed E-state index contributed by atoms with van der Waals surface area (Å²) in [5, 5.41) is 3.76. The zero-order valence-corrected chi connectivity index (χ0v) is 14.2. The van der Waals surface area contributed by atoms with E-state index in [1.54, 1.807) is 0 Å². The van der Waals surface area contributed by atoms with E-state index >= 15 is 0 Å². The Morgan fingerprint density at radius 1 is 1.00 bits per heavy atom. The number of aryl methyl sites for hydroxylation is 1. The molecule has 0 heterocycles. The normalized spacial score (nSPS) is 13.1. The zero-order valence-electron chi connectivity index (χ0n) is 13.4. The standard InChI is InChI=1S/C19H25NS/c1-15-10-8-9-13-17(15)18(16-11-6-5-7-12-16)20-14-19(2,3)21-4/h5-13,18,20H,14H2,1-4H3. The van der Waals surface area contributed by atoms with Crippen LogP contribution in [0.15, 0.2) is 54.6 Å². The fourth-order valence-electron chi connectivity index (χ4n) is 2.38. The van der Waals surface area contributed by atoms with Crippen LogP contribution >= 0.6 is 11.8 Å². The van der Waals surface area contributed by atoms with Crippen molar-refractivity contribution in [1.82, 2.24) is 5.32 Å². The minimum absolute atomic E-state index is 0.232. The molecule has 0 saturated carbocycles. The summed E-state index contributed by atoms with van der Waals surface area (Å²) in [6.45, 7) is 7.73. The highest BCUT2D eigenvalue weighted by Crippen LogP contribution is 2.27. The van der Waals surface area contributed by atoms with E-state index < -0.39 is 0 Å². The molecule has 0 aliphatic carbocycles. The van der Waals surface area contributed by atoms with Crippen molar-refractivity contribution < 1.29 is 0 Å². The van der Waals surface area contributed by atoms with E-state index in [2.05, 4.69) is 86.9 Å². The number of benzene rings is 2. The van der Waals surface area contributed by atoms with Crippen LogP contribution in [0.1, 0.15) is 36.6 Å². The first-order valence-electron chi connectivity index (χ1n) is 7.42. The second-order valence-electron chi connectivity index (χ2n) is 6.05. The minimum Gasteiger partial charge on any atom is -0.305 e. The highest BCUT2D eigenvalue weighted by molar-refractivity contribution is 7.99. The van der Waals surface area contributed by atoms with Crippen LogP contribution in [0.4, 0.5) is 0 Å². The first kappa shape index (κ1) is 16.1. The lowest BCUT2D eigenvalue weighted by Crippen LogP contribution is -2.35. The molecule has 2 heteroatoms. The lowest BCUT2D eigenvalue weighted by molar-refractivity contribution is 0.541. The summed E-state index contributed by atoms with van der Waals surface area (Å²) in [5.74, 6) is 0. The van der Waals surface area contributed by atoms with E-state index in [9.17, 15) is 0 Å². The van der Waals surface area contributed by atoms with Crippen molar-refractivity contribution in [3.8, 4) is 0 Å². The summed E-state index contributed by atoms with van der Waals surface area (Å²) in [6, 6.07) is 19.6. The van der Waals surface area contributed by atoms with Crippen LogP contribution in [0.25, 0.3) is 0 Å². The quantitative estimate of drug-likeness (QED) is 0.821. The summed E-state index contributed by atoms with van der Waals surface area (Å²) < 4.78 is 0.232. The second-order valence-corrected chi connectivity index (χ2v) is 7.56. The fraction of sp³-hybridized carbons (Fsp3) is 0.368. The van der Waals surface area contributed by atoms with Crippen molar-refractivity contribution >= 4 is 11.8 Å². The third-order valence-electron chi connectivity index (χ3n) is 3.92. The molecule has 1 N–H and O–H groups in total. The van der Waals surface area contributed by atoms with E-state index in [1.807, 2.05) is 11.8 Å². The molecule has 112 valence electrons. The van der Waals surface area contributed by atoms with Crippen LogP contribution in [0, 0.1) is 6.92 Å². The predicted octanol–water partition coefficient (Wildman–Crippen LogP) is 4.82. The van der Waals surface area contributed by atoms with Crippen molar-refractivity contribution in [2.45, 2.75) is 31.6 Å². The van der Waals surface area contributed by atoms with Gasteiger partial charge in [-0.2, -0.15) is 11.8 Å². The average Bonchev–Trinajstić information content (AvgIpc) is 2.50. The van der Waals surface area contributed by atoms with Gasteiger partial charge in [0, 0.05) is 11.3 Å². The molecule has 0 bridgehead atoms. The molecule has 1 atom stereocenters. The van der Waals surface area contributed by atoms with Gasteiger partial charge in [-0.3, -0.25) is 0 Å². The molecule has 0 radical (unpaired) electrons. The Kier molecular flexibility index (Phi) is 5.49. The monoisotopic (exact) mass is 299 g/mol. The van der Waals surface area contributed by atoms with Crippen molar-refractivity contribution in [2.75, 3.05) is 12.8 Å². The molecule has 1 unspecified atom stereocenters. The molecule has 0 fully saturated rings. The van der Waals surface area contributed by atoms with Gasteiger partial charge in [-0.15, -0.1) is 0 Å². The van der Waals surface area contributed by atoms with Crippen molar-refractivity contribution in [1.29, 1.82) is 0 Å². The summed E-state index contributed by atoms with van der Waals surface area (Å²) in [5.41, 5.74) is 4.02. The number of hydrogen-bond acceptors (Lipinski definition) is 2. The van der Waals surface area contributed by atoms with Gasteiger partial charge in [0.05, 0.1) is 6.04 Å². The molecule has 2 aromatic carbocycles. The second kappa shape index (κ2) is 7.15. The van der Waals surface area contributed by atoms with Gasteiger partial charge in [-0.05, 0) is 43.7 Å². The van der Waals surface area contributed by atoms with Gasteiger partial charge < -0.3 is 5.32 Å². The lowest BCUT2D eigenvalue weighted by atomic mass is 9.94. The molecule has 1 nitrogen and oxygen atoms in total. The van der Waals surface area contributed by atoms with Gasteiger partial charge in [0.15, 0.2) is 0 Å². The van der Waals surface area contributed by atoms with Crippen LogP contribution in [0.2, 0.25) is 0 Å². The molecular weight excluding hydrogens is 274 g/mol. The van der Waals surface area contributed by atoms with Gasteiger partial charge in [-0.25, -0.2) is 0 Å². The number of hydrogen-bond donors (Lipinski definition) is 1. The molecule has 2 aromatic rings. The van der Waals surface area contributed by atoms with Crippen LogP contribution in [-0.4, -0.2) is 17.5 Å². The molecule has 0 spiro atoms. The van der Waals surface area contributed by atoms with E-state index in [-0.39, 0.29) is 10.8 Å². The molecule has 2 rings (SSSR count). The third kappa shape index (κ3) is 4.36. The van der Waals surface area contributed by atoms with Crippen LogP contribution in [0.3, 0.4) is 0 Å². The summed E-state index contributed by atoms with van der Waals surface area (Å²) in [4.78, 5) is 0. The Morgan fingerprint density at radius 3 is 2.24 bits per heavy atom. The lowest BCUT2D eigenvalue weighted by Gasteiger charge is -2.28. The minimum atomic E-state index is 0.232. The highest BCUT2D eigenvalue weighted by Gasteiger charge is 2.21. The van der Waals surface area contributed by atoms with E-state index in [4.69, 9.17) is 0 Å². The molecule has 21 heavy (non-hydrogen) atoms. The molecule has 0 saturated heterocycles. The number of thioether (sulfide) groups is 1. The maximum Gasteiger partial charge on any atom is 0.0579 e. The van der Waals surface area contributed by atoms with Gasteiger partial charge >= 0.3 is 0 Å². The van der Waals surface area contributed by atoms with Crippen LogP contribution in [-0.2, 0) is 0 Å². The fourth-order valence-corrected chi connectivity index (χ4v) is 2.61. The van der Waals surface area contributed by atoms with Crippen molar-refractivity contribution in [2.24, 2.45) is 0 Å². The Morgan fingerprint density at radius 2 is 1.62 bits per heavy atom. The van der Waals surface area contributed by atoms with E-state index in [0.29, 0.717) is 0 Å². The van der Waals surface area contributed by atoms with Gasteiger partial charge in [0.1, 0.15) is 0 Å². The maximum absolute atomic E-state index is 3.76. The summed E-state index contributed by atoms with van der Waals surface area (Å²) in [7, 11) is 0. The SMILES string of the molecule is CSC(C)(C)CNC(c1ccccc1)c1ccccc1C. The van der Waals surface area contributed by atoms with Gasteiger partial charge in [0.25, 0.3) is 0 Å². The maximum atomic E-state index is 3.76. The molecular formula is C19H25NS. The van der Waals surface area contributed by atoms with E-state index in [1.165, 1.54) is 16.7 Å². The Hall–Kier alpha value is -1.25. The molecule has 0 aliphatic heterocycles. The average molecular weight is 299 g/mol. The first-order valence-corrected chi connectivity index (χ1v) is 8.65. The summed E-state index contributed by atoms with van der Waals surface area (Å²) in [6.07, 6.45) is 2.17. The molecule has 0 aromatic heterocycles. The number of rotatable bonds is 6. The smallest absolute Gasteiger partial charge is 0.0579 e. The third-order valence-corrected chi connectivity index (χ3v) is 5.17.